The third-order valence-electron chi connectivity index (χ3n) is 22.0. The first kappa shape index (κ1) is 94.1. The number of benzene rings is 7. The van der Waals surface area contributed by atoms with Crippen LogP contribution in [0.4, 0.5) is 0 Å². The highest BCUT2D eigenvalue weighted by Gasteiger charge is 2.21. The predicted molar refractivity (Wildman–Crippen MR) is 487 cm³/mol. The zero-order chi connectivity index (χ0) is 90.4. The minimum atomic E-state index is -0.971. The number of aryl methyl sites for hydroxylation is 10. The molecule has 7 atom stereocenters. The average molecular weight is 1640 g/mol. The molecule has 0 spiro atoms. The molecular formula is C102H104N14O7. The number of aromatic carboxylic acids is 1. The van der Waals surface area contributed by atoms with Crippen LogP contribution in [-0.2, 0) is 35.5 Å². The fourth-order valence-corrected chi connectivity index (χ4v) is 14.4. The van der Waals surface area contributed by atoms with Gasteiger partial charge in [-0.3, -0.25) is 54.1 Å². The van der Waals surface area contributed by atoms with E-state index in [0.717, 1.165) is 148 Å². The Morgan fingerprint density at radius 3 is 0.837 bits per heavy atom. The van der Waals surface area contributed by atoms with Crippen LogP contribution >= 0.6 is 0 Å². The summed E-state index contributed by atoms with van der Waals surface area (Å²) in [6.45, 7) is 34.1. The molecule has 6 N–H and O–H groups in total. The zero-order valence-electron chi connectivity index (χ0n) is 73.1. The lowest BCUT2D eigenvalue weighted by Crippen LogP contribution is -2.20. The zero-order valence-corrected chi connectivity index (χ0v) is 73.1. The van der Waals surface area contributed by atoms with Crippen molar-refractivity contribution in [2.75, 3.05) is 0 Å². The maximum atomic E-state index is 11.6. The van der Waals surface area contributed by atoms with E-state index in [-0.39, 0.29) is 71.2 Å². The minimum Gasteiger partial charge on any atom is -0.478 e. The van der Waals surface area contributed by atoms with E-state index in [2.05, 4.69) is 135 Å². The lowest BCUT2D eigenvalue weighted by Gasteiger charge is -2.12. The highest BCUT2D eigenvalue weighted by Crippen LogP contribution is 2.33. The minimum absolute atomic E-state index is 0.00116. The van der Waals surface area contributed by atoms with Gasteiger partial charge in [-0.25, -0.2) is 4.79 Å². The number of hydrogen-bond donors (Lipinski definition) is 4. The number of aldehydes is 1. The Morgan fingerprint density at radius 1 is 0.341 bits per heavy atom. The van der Waals surface area contributed by atoms with Crippen LogP contribution in [0.25, 0.3) is 75.4 Å². The Labute approximate surface area is 718 Å². The number of fused-ring (bicyclic) bond motifs is 7. The molecule has 0 radical (unpaired) electrons. The van der Waals surface area contributed by atoms with Gasteiger partial charge in [-0.05, 0) is 232 Å². The van der Waals surface area contributed by atoms with Crippen LogP contribution in [0.15, 0.2) is 170 Å². The number of aliphatic hydroxyl groups excluding tert-OH is 1. The van der Waals surface area contributed by atoms with Crippen molar-refractivity contribution in [1.82, 2.24) is 34.9 Å². The number of rotatable bonds is 16. The Bertz CT molecular complexity index is 6240. The van der Waals surface area contributed by atoms with Crippen LogP contribution in [0.2, 0.25) is 0 Å². The van der Waals surface area contributed by atoms with Crippen molar-refractivity contribution in [3.05, 3.63) is 289 Å². The number of Topliss-reactive ketones (excluding diaryl/α,β-unsaturated/α-hetero) is 1. The number of amides is 2. The van der Waals surface area contributed by atoms with Crippen molar-refractivity contribution in [2.24, 2.45) is 11.5 Å². The molecule has 14 rings (SSSR count). The molecule has 21 nitrogen and oxygen atoms in total. The van der Waals surface area contributed by atoms with E-state index >= 15 is 0 Å². The number of carboxylic acid groups (broad SMARTS) is 1. The average Bonchev–Trinajstić information content (AvgIpc) is 0.806. The number of primary amides is 2. The number of nitrogens with two attached hydrogens (primary N) is 2. The molecule has 2 amide bonds. The molecule has 0 bridgehead atoms. The summed E-state index contributed by atoms with van der Waals surface area (Å²) in [6.07, 6.45) is 3.76. The van der Waals surface area contributed by atoms with Crippen molar-refractivity contribution < 1.29 is 34.2 Å². The first-order valence-corrected chi connectivity index (χ1v) is 40.8. The molecule has 7 aromatic carbocycles. The fourth-order valence-electron chi connectivity index (χ4n) is 14.4. The molecule has 0 aliphatic heterocycles. The van der Waals surface area contributed by atoms with Crippen molar-refractivity contribution >= 4 is 105 Å². The third-order valence-corrected chi connectivity index (χ3v) is 22.0. The van der Waals surface area contributed by atoms with Crippen LogP contribution in [0, 0.1) is 105 Å². The number of carboxylic acids is 1. The predicted octanol–water partition coefficient (Wildman–Crippen LogP) is 21.0. The summed E-state index contributed by atoms with van der Waals surface area (Å²) in [5.74, 6) is -3.58. The number of carbonyl (C=O) groups is 5. The molecule has 624 valence electrons. The Hall–Kier alpha value is -14.4. The summed E-state index contributed by atoms with van der Waals surface area (Å²) >= 11 is 0. The summed E-state index contributed by atoms with van der Waals surface area (Å²) in [4.78, 5) is 87.6. The van der Waals surface area contributed by atoms with Crippen LogP contribution < -0.4 is 11.5 Å². The molecule has 0 saturated carbocycles. The molecule has 7 aromatic heterocycles. The van der Waals surface area contributed by atoms with Gasteiger partial charge in [0.1, 0.15) is 0 Å². The van der Waals surface area contributed by atoms with Gasteiger partial charge in [-0.1, -0.05) is 142 Å². The molecule has 7 heterocycles. The molecule has 123 heavy (non-hydrogen) atoms. The monoisotopic (exact) mass is 1640 g/mol. The number of nitriles is 5. The second kappa shape index (κ2) is 43.0. The maximum Gasteiger partial charge on any atom is 0.336 e. The normalized spacial score (nSPS) is 12.3. The van der Waals surface area contributed by atoms with Gasteiger partial charge in [0.15, 0.2) is 12.1 Å². The summed E-state index contributed by atoms with van der Waals surface area (Å²) < 4.78 is 0. The maximum absolute atomic E-state index is 11.6. The second-order valence-electron chi connectivity index (χ2n) is 30.4. The number of hydrogen-bond acceptors (Lipinski definition) is 18. The first-order valence-electron chi connectivity index (χ1n) is 40.8. The van der Waals surface area contributed by atoms with E-state index in [1.54, 1.807) is 58.9 Å². The standard InChI is InChI=1S/C15H14N2O.2C15H18N2O.C15H16N2.C14H12N2O2.C14H14N2O.C14H12N2O/c1-9(8-16)15-7-14-12(10(2)17-15)5-4-6-13(14)11(3)18;2*1-4-11-6-5-7-12-10(3)17-14(8-13(11)12)9(2)15(16)18;1-4-12-6-5-7-13-11(3)17-15(8-14(12)13)10(2)9-16;1-8(7-15)13-6-12-10(9(2)16-13)4-3-5-11(12)14(17)18;2*1-9(7-15)14-6-13-11(8-17)4-3-5-12(13)10(2)16-14/h4-7,9H,1-3H3;2*5-9H,4H2,1-3H3,(H2,16,18);5-8,10H,4H2,1-3H3;3-6,8H,1-2H3,(H,17,18);3-6,9,17H,8H2,1-2H3;3-6,8-9H,1-2H3. The van der Waals surface area contributed by atoms with Gasteiger partial charge in [0.05, 0.1) is 124 Å². The van der Waals surface area contributed by atoms with Crippen molar-refractivity contribution in [1.29, 1.82) is 26.3 Å². The molecular weight excluding hydrogens is 1530 g/mol. The number of ketones is 1. The van der Waals surface area contributed by atoms with E-state index < -0.39 is 5.97 Å². The number of aliphatic hydroxyl groups is 1. The van der Waals surface area contributed by atoms with E-state index in [9.17, 15) is 34.2 Å². The van der Waals surface area contributed by atoms with Gasteiger partial charge >= 0.3 is 5.97 Å². The molecule has 0 aliphatic carbocycles. The van der Waals surface area contributed by atoms with Crippen molar-refractivity contribution in [3.63, 3.8) is 0 Å². The molecule has 0 aliphatic rings. The number of nitrogens with zero attached hydrogens (tertiary/aromatic N) is 12. The van der Waals surface area contributed by atoms with Crippen molar-refractivity contribution in [3.8, 4) is 30.3 Å². The summed E-state index contributed by atoms with van der Waals surface area (Å²) in [7, 11) is 0. The van der Waals surface area contributed by atoms with Crippen LogP contribution in [0.1, 0.15) is 251 Å². The van der Waals surface area contributed by atoms with Gasteiger partial charge < -0.3 is 21.7 Å². The highest BCUT2D eigenvalue weighted by molar-refractivity contribution is 6.08. The molecule has 0 fully saturated rings. The lowest BCUT2D eigenvalue weighted by molar-refractivity contribution is -0.120. The smallest absolute Gasteiger partial charge is 0.336 e. The van der Waals surface area contributed by atoms with E-state index in [4.69, 9.17) is 37.8 Å². The quantitative estimate of drug-likeness (QED) is 0.0515. The number of aromatic nitrogens is 7. The van der Waals surface area contributed by atoms with E-state index in [0.29, 0.717) is 27.9 Å². The largest absolute Gasteiger partial charge is 0.478 e. The summed E-state index contributed by atoms with van der Waals surface area (Å²) in [6, 6.07) is 65.0. The molecule has 7 unspecified atom stereocenters. The van der Waals surface area contributed by atoms with E-state index in [1.165, 1.54) is 38.2 Å². The Morgan fingerprint density at radius 2 is 0.569 bits per heavy atom. The van der Waals surface area contributed by atoms with Gasteiger partial charge in [0, 0.05) is 88.7 Å². The van der Waals surface area contributed by atoms with Crippen LogP contribution in [-0.4, -0.2) is 75.0 Å². The van der Waals surface area contributed by atoms with Crippen LogP contribution in [0.5, 0.6) is 0 Å². The Kier molecular flexibility index (Phi) is 32.9. The van der Waals surface area contributed by atoms with Gasteiger partial charge in [0.2, 0.25) is 11.8 Å². The van der Waals surface area contributed by atoms with Gasteiger partial charge in [0.25, 0.3) is 0 Å². The second-order valence-corrected chi connectivity index (χ2v) is 30.4. The molecule has 14 aromatic rings. The first-order chi connectivity index (χ1) is 58.7. The number of pyridine rings is 7. The molecule has 0 saturated heterocycles. The molecule has 21 heteroatoms. The lowest BCUT2D eigenvalue weighted by atomic mass is 9.98. The van der Waals surface area contributed by atoms with Crippen molar-refractivity contribution in [2.45, 2.75) is 192 Å². The highest BCUT2D eigenvalue weighted by atomic mass is 16.4. The topological polar surface area (TPSA) is 387 Å². The summed E-state index contributed by atoms with van der Waals surface area (Å²) in [5.41, 5.74) is 28.5. The van der Waals surface area contributed by atoms with Gasteiger partial charge in [-0.2, -0.15) is 26.3 Å². The Balaban J connectivity index is 0.000000178. The third kappa shape index (κ3) is 22.4. The van der Waals surface area contributed by atoms with Crippen LogP contribution in [0.3, 0.4) is 0 Å². The summed E-state index contributed by atoms with van der Waals surface area (Å²) in [5, 5.41) is 77.5. The van der Waals surface area contributed by atoms with Gasteiger partial charge in [-0.15, -0.1) is 0 Å². The van der Waals surface area contributed by atoms with E-state index in [1.807, 2.05) is 166 Å². The fraction of sp³-hybridized carbons (Fsp3) is 0.284. The number of carbonyl (C=O) groups excluding carboxylic acids is 4. The SMILES string of the molecule is CC(=O)c1cccc2c(C)nc(C(C)C#N)cc12.CCc1cccc2c(C)nc(C(C)C#N)cc12.CCc1cccc2c(C)nc(C(C)C(N)=O)cc12.CCc1cccc2c(C)nc(C(C)C(N)=O)cc12.Cc1nc(C(C)C#N)cc2c(C(=O)O)cccc12.Cc1nc(C(C)C#N)cc2c(C=O)cccc12.Cc1nc(C(C)C#N)cc2c(CO)cccc12.